The molecule has 1 heteroatoms. The second-order valence-corrected chi connectivity index (χ2v) is 8.08. The molecule has 0 heterocycles. The van der Waals surface area contributed by atoms with Crippen LogP contribution >= 0.6 is 0 Å². The summed E-state index contributed by atoms with van der Waals surface area (Å²) in [6.07, 6.45) is 7.86. The number of hydrogen-bond donors (Lipinski definition) is 0. The van der Waals surface area contributed by atoms with Crippen LogP contribution < -0.4 is 0 Å². The fourth-order valence-electron chi connectivity index (χ4n) is 3.87. The lowest BCUT2D eigenvalue weighted by atomic mass is 9.80. The third kappa shape index (κ3) is 5.83. The van der Waals surface area contributed by atoms with Gasteiger partial charge in [-0.2, -0.15) is 0 Å². The predicted octanol–water partition coefficient (Wildman–Crippen LogP) is 8.08. The summed E-state index contributed by atoms with van der Waals surface area (Å²) in [6, 6.07) is 31.7. The van der Waals surface area contributed by atoms with Crippen molar-refractivity contribution in [3.63, 3.8) is 0 Å². The summed E-state index contributed by atoms with van der Waals surface area (Å²) in [5.74, 6) is 0. The van der Waals surface area contributed by atoms with Gasteiger partial charge in [0, 0.05) is 0 Å². The van der Waals surface area contributed by atoms with Crippen LogP contribution in [-0.2, 0) is 10.3 Å². The molecule has 0 radical (unpaired) electrons. The summed E-state index contributed by atoms with van der Waals surface area (Å²) in [7, 11) is 0. The molecule has 0 saturated heterocycles. The second kappa shape index (κ2) is 11.5. The zero-order valence-electron chi connectivity index (χ0n) is 19.1. The molecule has 1 nitrogen and oxygen atoms in total. The van der Waals surface area contributed by atoms with Crippen LogP contribution in [-0.4, -0.2) is 6.61 Å². The number of rotatable bonds is 10. The maximum Gasteiger partial charge on any atom is 0.144 e. The van der Waals surface area contributed by atoms with E-state index in [1.165, 1.54) is 11.1 Å². The van der Waals surface area contributed by atoms with E-state index < -0.39 is 5.60 Å². The Balaban J connectivity index is 1.94. The molecule has 0 aliphatic rings. The van der Waals surface area contributed by atoms with Gasteiger partial charge in [-0.15, -0.1) is 0 Å². The van der Waals surface area contributed by atoms with Crippen LogP contribution in [0, 0.1) is 0 Å². The van der Waals surface area contributed by atoms with E-state index in [1.54, 1.807) is 0 Å². The van der Waals surface area contributed by atoms with Gasteiger partial charge in [-0.1, -0.05) is 121 Å². The maximum atomic E-state index is 6.82. The first kappa shape index (κ1) is 22.8. The van der Waals surface area contributed by atoms with E-state index in [0.29, 0.717) is 6.61 Å². The van der Waals surface area contributed by atoms with Gasteiger partial charge in [0.15, 0.2) is 0 Å². The number of allylic oxidation sites excluding steroid dienone is 3. The van der Waals surface area contributed by atoms with Crippen molar-refractivity contribution < 1.29 is 4.74 Å². The fraction of sp³-hybridized carbons (Fsp3) is 0.267. The maximum absolute atomic E-state index is 6.82. The Morgan fingerprint density at radius 3 is 1.55 bits per heavy atom. The summed E-state index contributed by atoms with van der Waals surface area (Å²) in [4.78, 5) is 0. The number of ether oxygens (including phenoxy) is 1. The Kier molecular flexibility index (Phi) is 8.44. The monoisotopic (exact) mass is 410 g/mol. The zero-order valence-corrected chi connectivity index (χ0v) is 19.1. The molecule has 31 heavy (non-hydrogen) atoms. The molecule has 0 N–H and O–H groups in total. The van der Waals surface area contributed by atoms with E-state index in [-0.39, 0.29) is 0 Å². The Morgan fingerprint density at radius 1 is 0.677 bits per heavy atom. The fourth-order valence-corrected chi connectivity index (χ4v) is 3.87. The molecule has 0 fully saturated rings. The van der Waals surface area contributed by atoms with Crippen molar-refractivity contribution in [2.75, 3.05) is 6.61 Å². The molecule has 3 aromatic carbocycles. The highest BCUT2D eigenvalue weighted by Gasteiger charge is 2.37. The lowest BCUT2D eigenvalue weighted by Crippen LogP contribution is -2.33. The molecule has 0 unspecified atom stereocenters. The summed E-state index contributed by atoms with van der Waals surface area (Å²) in [6.45, 7) is 7.17. The summed E-state index contributed by atoms with van der Waals surface area (Å²) >= 11 is 0. The van der Waals surface area contributed by atoms with Crippen molar-refractivity contribution in [2.24, 2.45) is 0 Å². The Hall–Kier alpha value is -2.90. The average Bonchev–Trinajstić information content (AvgIpc) is 2.83. The Bertz CT molecular complexity index is 872. The topological polar surface area (TPSA) is 9.23 Å². The minimum Gasteiger partial charge on any atom is -0.357 e. The molecule has 0 aliphatic heterocycles. The normalized spacial score (nSPS) is 12.7. The first-order valence-corrected chi connectivity index (χ1v) is 11.3. The molecule has 160 valence electrons. The SMILES string of the molecule is CC/C(C)=C/CC/C(C)=C/COC(c1ccccc1)(c1ccccc1)c1ccccc1. The Labute approximate surface area is 188 Å². The van der Waals surface area contributed by atoms with Crippen molar-refractivity contribution in [1.29, 1.82) is 0 Å². The summed E-state index contributed by atoms with van der Waals surface area (Å²) in [5.41, 5.74) is 5.59. The molecule has 3 aromatic rings. The standard InChI is InChI=1S/C30H34O/c1-4-25(2)15-14-16-26(3)23-24-31-30(27-17-8-5-9-18-27,28-19-10-6-11-20-28)29-21-12-7-13-22-29/h5-13,15,17-23H,4,14,16,24H2,1-3H3/b25-15+,26-23+. The van der Waals surface area contributed by atoms with E-state index in [2.05, 4.69) is 124 Å². The average molecular weight is 411 g/mol. The van der Waals surface area contributed by atoms with Gasteiger partial charge in [-0.25, -0.2) is 0 Å². The van der Waals surface area contributed by atoms with Gasteiger partial charge in [0.25, 0.3) is 0 Å². The van der Waals surface area contributed by atoms with Gasteiger partial charge >= 0.3 is 0 Å². The van der Waals surface area contributed by atoms with Gasteiger partial charge in [0.05, 0.1) is 6.61 Å². The highest BCUT2D eigenvalue weighted by molar-refractivity contribution is 5.47. The van der Waals surface area contributed by atoms with Crippen molar-refractivity contribution in [2.45, 2.75) is 45.6 Å². The zero-order chi connectivity index (χ0) is 21.9. The quantitative estimate of drug-likeness (QED) is 0.242. The lowest BCUT2D eigenvalue weighted by molar-refractivity contribution is 0.0316. The van der Waals surface area contributed by atoms with Crippen molar-refractivity contribution in [3.8, 4) is 0 Å². The summed E-state index contributed by atoms with van der Waals surface area (Å²) < 4.78 is 6.82. The van der Waals surface area contributed by atoms with Crippen LogP contribution in [0.25, 0.3) is 0 Å². The predicted molar refractivity (Wildman–Crippen MR) is 132 cm³/mol. The minimum atomic E-state index is -0.654. The molecule has 0 aliphatic carbocycles. The molecule has 0 amide bonds. The van der Waals surface area contributed by atoms with E-state index in [0.717, 1.165) is 36.0 Å². The van der Waals surface area contributed by atoms with Gasteiger partial charge in [0.1, 0.15) is 5.60 Å². The highest BCUT2D eigenvalue weighted by Crippen LogP contribution is 2.40. The molecule has 0 bridgehead atoms. The van der Waals surface area contributed by atoms with E-state index >= 15 is 0 Å². The van der Waals surface area contributed by atoms with Crippen LogP contribution in [0.5, 0.6) is 0 Å². The van der Waals surface area contributed by atoms with Crippen molar-refractivity contribution in [3.05, 3.63) is 131 Å². The smallest absolute Gasteiger partial charge is 0.144 e. The van der Waals surface area contributed by atoms with Crippen LogP contribution in [0.2, 0.25) is 0 Å². The first-order valence-electron chi connectivity index (χ1n) is 11.3. The molecule has 0 aromatic heterocycles. The van der Waals surface area contributed by atoms with Crippen LogP contribution in [0.1, 0.15) is 56.7 Å². The molecule has 0 spiro atoms. The molecular formula is C30H34O. The van der Waals surface area contributed by atoms with E-state index in [4.69, 9.17) is 4.74 Å². The van der Waals surface area contributed by atoms with Crippen LogP contribution in [0.3, 0.4) is 0 Å². The molecule has 0 atom stereocenters. The van der Waals surface area contributed by atoms with Crippen molar-refractivity contribution in [1.82, 2.24) is 0 Å². The van der Waals surface area contributed by atoms with Gasteiger partial charge in [0.2, 0.25) is 0 Å². The van der Waals surface area contributed by atoms with Gasteiger partial charge in [-0.3, -0.25) is 0 Å². The summed E-state index contributed by atoms with van der Waals surface area (Å²) in [5, 5.41) is 0. The number of benzene rings is 3. The molecule has 0 saturated carbocycles. The highest BCUT2D eigenvalue weighted by atomic mass is 16.5. The third-order valence-corrected chi connectivity index (χ3v) is 5.86. The van der Waals surface area contributed by atoms with Crippen LogP contribution in [0.15, 0.2) is 114 Å². The van der Waals surface area contributed by atoms with Crippen molar-refractivity contribution >= 4 is 0 Å². The minimum absolute atomic E-state index is 0.557. The lowest BCUT2D eigenvalue weighted by Gasteiger charge is -2.35. The largest absolute Gasteiger partial charge is 0.357 e. The molecule has 3 rings (SSSR count). The first-order chi connectivity index (χ1) is 15.2. The Morgan fingerprint density at radius 2 is 1.13 bits per heavy atom. The number of hydrogen-bond acceptors (Lipinski definition) is 1. The van der Waals surface area contributed by atoms with Gasteiger partial charge in [-0.05, 0) is 49.8 Å². The van der Waals surface area contributed by atoms with E-state index in [1.807, 2.05) is 0 Å². The van der Waals surface area contributed by atoms with E-state index in [9.17, 15) is 0 Å². The second-order valence-electron chi connectivity index (χ2n) is 8.08. The molecular weight excluding hydrogens is 376 g/mol. The van der Waals surface area contributed by atoms with Crippen LogP contribution in [0.4, 0.5) is 0 Å². The van der Waals surface area contributed by atoms with Gasteiger partial charge < -0.3 is 4.74 Å². The third-order valence-electron chi connectivity index (χ3n) is 5.86.